The molecule has 5 heterocycles. The lowest BCUT2D eigenvalue weighted by atomic mass is 9.95. The van der Waals surface area contributed by atoms with E-state index in [1.165, 1.54) is 0 Å². The van der Waals surface area contributed by atoms with Gasteiger partial charge in [-0.1, -0.05) is 191 Å². The highest BCUT2D eigenvalue weighted by Gasteiger charge is 2.31. The number of anilines is 3. The van der Waals surface area contributed by atoms with Crippen molar-refractivity contribution in [2.45, 2.75) is 208 Å². The SMILES string of the molecule is C.C.COP(=O)([O-])OCCCCCNC(=O)CCCCCCC(=O)N1Cc2ccccc2-c2nnn(C)c2-c2ccccc21.COP(=O)([O-])OCCCCCNC(=O)CCCCCCC(=O)N1Cc2ccccc2-c2nnn(C)c2-c2ccccc21.COP(=O)([O-])OCCCCCNC(=O)CCCCCCC(=O)N1Cc2ccccc2C#Cc2ccccc21. The molecule has 124 heavy (non-hydrogen) atoms. The van der Waals surface area contributed by atoms with Crippen molar-refractivity contribution in [3.8, 4) is 56.9 Å². The van der Waals surface area contributed by atoms with E-state index in [0.29, 0.717) is 97.1 Å². The number of amides is 6. The topological polar surface area (TPSA) is 385 Å². The molecule has 0 radical (unpaired) electrons. The zero-order chi connectivity index (χ0) is 87.1. The maximum absolute atomic E-state index is 13.6. The fourth-order valence-electron chi connectivity index (χ4n) is 14.4. The molecule has 3 unspecified atom stereocenters. The van der Waals surface area contributed by atoms with Crippen LogP contribution in [0, 0.1) is 11.8 Å². The lowest BCUT2D eigenvalue weighted by molar-refractivity contribution is -0.224. The van der Waals surface area contributed by atoms with Gasteiger partial charge in [0.25, 0.3) is 23.5 Å². The van der Waals surface area contributed by atoms with Gasteiger partial charge in [0.1, 0.15) is 11.4 Å². The quantitative estimate of drug-likeness (QED) is 0.0181. The lowest BCUT2D eigenvalue weighted by Gasteiger charge is -2.28. The van der Waals surface area contributed by atoms with Crippen molar-refractivity contribution in [3.63, 3.8) is 0 Å². The van der Waals surface area contributed by atoms with Gasteiger partial charge in [-0.2, -0.15) is 0 Å². The number of carbonyl (C=O) groups is 6. The predicted molar refractivity (Wildman–Crippen MR) is 475 cm³/mol. The van der Waals surface area contributed by atoms with E-state index in [-0.39, 0.29) is 70.1 Å². The average molecular weight is 1760 g/mol. The number of phosphoric ester groups is 3. The standard InChI is InChI=1S/2C30H40N5O6P.C29H37N2O6P.2CH4/c2*1-34-30-25-16-10-11-17-26(25)35(22-23-14-8-9-15-24(23)29(30)32-33-34)28(37)19-7-4-3-6-18-27(36)31-20-12-5-13-21-41-42(38,39)40-2;1-36-38(34,35)37-22-12-4-11-21-30-28(32)17-5-2-3-6-18-29(33)31-23-26-15-8-7-13-24(26)19-20-25-14-9-10-16-27(25)31;;/h2*8-11,14-17H,3-7,12-13,18-22H2,1-2H3,(H,31,36)(H,38,39);7-10,13-16H,2-6,11-12,17-18,21-23H2,1H3,(H,30,32)(H,34,35);2*1H4/p-3. The van der Waals surface area contributed by atoms with Gasteiger partial charge in [0.2, 0.25) is 35.4 Å². The van der Waals surface area contributed by atoms with Crippen molar-refractivity contribution in [1.29, 1.82) is 0 Å². The number of hydrogen-bond donors (Lipinski definition) is 3. The van der Waals surface area contributed by atoms with Crippen LogP contribution in [0.4, 0.5) is 17.1 Å². The zero-order valence-electron chi connectivity index (χ0n) is 70.5. The van der Waals surface area contributed by atoms with Crippen LogP contribution in [0.15, 0.2) is 146 Å². The van der Waals surface area contributed by atoms with Gasteiger partial charge in [-0.3, -0.25) is 42.5 Å². The number of benzene rings is 6. The molecule has 3 atom stereocenters. The number of phosphoric acid groups is 3. The molecule has 2 aromatic heterocycles. The molecule has 3 aliphatic heterocycles. The molecule has 3 aliphatic rings. The average Bonchev–Trinajstić information content (AvgIpc) is 1.58. The van der Waals surface area contributed by atoms with Crippen molar-refractivity contribution >= 4 is 76.0 Å². The summed E-state index contributed by atoms with van der Waals surface area (Å²) in [5.74, 6) is 6.70. The molecule has 30 nitrogen and oxygen atoms in total. The number of aromatic nitrogens is 6. The molecule has 672 valence electrons. The van der Waals surface area contributed by atoms with Crippen molar-refractivity contribution in [2.24, 2.45) is 14.1 Å². The number of rotatable bonds is 45. The number of carbonyl (C=O) groups excluding carboxylic acids is 6. The first-order valence-electron chi connectivity index (χ1n) is 42.1. The highest BCUT2D eigenvalue weighted by Crippen LogP contribution is 2.44. The molecule has 33 heteroatoms. The normalized spacial score (nSPS) is 13.5. The first-order valence-corrected chi connectivity index (χ1v) is 46.5. The van der Waals surface area contributed by atoms with Crippen LogP contribution in [0.5, 0.6) is 0 Å². The Balaban J connectivity index is 0.000000254. The number of fused-ring (bicyclic) bond motifs is 12. The molecule has 8 aromatic rings. The maximum Gasteiger partial charge on any atom is 0.267 e. The monoisotopic (exact) mass is 1760 g/mol. The summed E-state index contributed by atoms with van der Waals surface area (Å²) in [7, 11) is -5.54. The first-order chi connectivity index (χ1) is 59.0. The summed E-state index contributed by atoms with van der Waals surface area (Å²) in [5.41, 5.74) is 14.7. The Morgan fingerprint density at radius 2 is 0.637 bits per heavy atom. The van der Waals surface area contributed by atoms with Crippen molar-refractivity contribution in [1.82, 2.24) is 45.9 Å². The third-order valence-electron chi connectivity index (χ3n) is 21.0. The van der Waals surface area contributed by atoms with Gasteiger partial charge in [0, 0.05) is 127 Å². The summed E-state index contributed by atoms with van der Waals surface area (Å²) < 4.78 is 63.5. The van der Waals surface area contributed by atoms with Gasteiger partial charge in [-0.25, -0.2) is 9.36 Å². The fourth-order valence-corrected chi connectivity index (χ4v) is 15.8. The molecule has 0 spiro atoms. The Bertz CT molecular complexity index is 4760. The van der Waals surface area contributed by atoms with Crippen LogP contribution in [0.2, 0.25) is 0 Å². The van der Waals surface area contributed by atoms with E-state index in [1.54, 1.807) is 9.36 Å². The number of para-hydroxylation sites is 3. The largest absolute Gasteiger partial charge is 0.756 e. The van der Waals surface area contributed by atoms with E-state index in [4.69, 9.17) is 0 Å². The number of nitrogens with one attached hydrogen (secondary N) is 3. The highest BCUT2D eigenvalue weighted by molar-refractivity contribution is 7.46. The van der Waals surface area contributed by atoms with E-state index < -0.39 is 23.5 Å². The van der Waals surface area contributed by atoms with Crippen LogP contribution in [-0.2, 0) is 103 Å². The summed E-state index contributed by atoms with van der Waals surface area (Å²) in [4.78, 5) is 115. The molecule has 0 fully saturated rings. The Morgan fingerprint density at radius 1 is 0.355 bits per heavy atom. The van der Waals surface area contributed by atoms with Crippen LogP contribution in [-0.4, -0.2) is 126 Å². The molecule has 0 aliphatic carbocycles. The van der Waals surface area contributed by atoms with Crippen LogP contribution >= 0.6 is 23.5 Å². The maximum atomic E-state index is 13.6. The Kier molecular flexibility index (Phi) is 43.3. The first kappa shape index (κ1) is 101. The number of aryl methyl sites for hydroxylation is 2. The van der Waals surface area contributed by atoms with E-state index in [1.807, 2.05) is 174 Å². The van der Waals surface area contributed by atoms with E-state index in [9.17, 15) is 57.1 Å². The second-order valence-corrected chi connectivity index (χ2v) is 34.4. The molecular weight excluding hydrogens is 1640 g/mol. The lowest BCUT2D eigenvalue weighted by Crippen LogP contribution is -2.31. The second kappa shape index (κ2) is 52.9. The van der Waals surface area contributed by atoms with Crippen molar-refractivity contribution < 1.29 is 84.3 Å². The fraction of sp³-hybridized carbons (Fsp3) is 0.473. The van der Waals surface area contributed by atoms with Crippen LogP contribution < -0.4 is 45.3 Å². The van der Waals surface area contributed by atoms with Gasteiger partial charge in [0.15, 0.2) is 0 Å². The zero-order valence-corrected chi connectivity index (χ0v) is 73.2. The molecule has 6 amide bonds. The minimum atomic E-state index is -4.16. The summed E-state index contributed by atoms with van der Waals surface area (Å²) >= 11 is 0. The number of unbranched alkanes of at least 4 members (excludes halogenated alkanes) is 15. The number of nitrogens with zero attached hydrogens (tertiary/aromatic N) is 9. The van der Waals surface area contributed by atoms with Gasteiger partial charge < -0.3 is 72.5 Å². The summed E-state index contributed by atoms with van der Waals surface area (Å²) in [6.07, 6.45) is 18.7. The van der Waals surface area contributed by atoms with Crippen molar-refractivity contribution in [2.75, 3.05) is 75.5 Å². The Labute approximate surface area is 730 Å². The van der Waals surface area contributed by atoms with Crippen molar-refractivity contribution in [3.05, 3.63) is 173 Å². The summed E-state index contributed by atoms with van der Waals surface area (Å²) in [6, 6.07) is 47.6. The molecule has 0 saturated heterocycles. The van der Waals surface area contributed by atoms with E-state index in [0.717, 1.165) is 227 Å². The summed E-state index contributed by atoms with van der Waals surface area (Å²) in [5, 5.41) is 26.2. The Hall–Kier alpha value is -9.69. The minimum absolute atomic E-state index is 0. The second-order valence-electron chi connectivity index (χ2n) is 29.9. The van der Waals surface area contributed by atoms with Gasteiger partial charge >= 0.3 is 0 Å². The molecule has 0 bridgehead atoms. The molecule has 0 saturated carbocycles. The minimum Gasteiger partial charge on any atom is -0.756 e. The molecular formula is C91H122N12O18P3-3. The number of hydrogen-bond acceptors (Lipinski definition) is 22. The molecule has 11 rings (SSSR count). The summed E-state index contributed by atoms with van der Waals surface area (Å²) in [6.45, 7) is 3.29. The third-order valence-corrected chi connectivity index (χ3v) is 23.9. The predicted octanol–water partition coefficient (Wildman–Crippen LogP) is 15.5. The van der Waals surface area contributed by atoms with E-state index >= 15 is 0 Å². The van der Waals surface area contributed by atoms with Gasteiger partial charge in [0.05, 0.1) is 67.9 Å². The van der Waals surface area contributed by atoms with Gasteiger partial charge in [-0.05, 0) is 143 Å². The highest BCUT2D eigenvalue weighted by atomic mass is 31.2. The third kappa shape index (κ3) is 32.1. The van der Waals surface area contributed by atoms with Crippen LogP contribution in [0.25, 0.3) is 45.0 Å². The van der Waals surface area contributed by atoms with Gasteiger partial charge in [-0.15, -0.1) is 10.2 Å². The van der Waals surface area contributed by atoms with E-state index in [2.05, 4.69) is 75.6 Å². The Morgan fingerprint density at radius 3 is 1.01 bits per heavy atom. The molecule has 3 N–H and O–H groups in total. The smallest absolute Gasteiger partial charge is 0.267 e. The van der Waals surface area contributed by atoms with Crippen LogP contribution in [0.1, 0.15) is 216 Å². The molecule has 6 aromatic carbocycles. The van der Waals surface area contributed by atoms with Crippen LogP contribution in [0.3, 0.4) is 0 Å².